The van der Waals surface area contributed by atoms with Gasteiger partial charge in [-0.15, -0.1) is 0 Å². The molecule has 2 amide bonds. The van der Waals surface area contributed by atoms with Crippen LogP contribution in [-0.2, 0) is 14.3 Å². The van der Waals surface area contributed by atoms with Crippen LogP contribution in [0, 0.1) is 11.8 Å². The summed E-state index contributed by atoms with van der Waals surface area (Å²) in [5.74, 6) is -0.595. The first-order chi connectivity index (χ1) is 5.77. The van der Waals surface area contributed by atoms with Crippen molar-refractivity contribution in [1.29, 1.82) is 0 Å². The van der Waals surface area contributed by atoms with Gasteiger partial charge in [0.15, 0.2) is 0 Å². The van der Waals surface area contributed by atoms with Gasteiger partial charge in [0.05, 0.1) is 24.0 Å². The van der Waals surface area contributed by atoms with Crippen molar-refractivity contribution in [3.05, 3.63) is 0 Å². The van der Waals surface area contributed by atoms with Gasteiger partial charge >= 0.3 is 0 Å². The number of rotatable bonds is 0. The zero-order valence-corrected chi connectivity index (χ0v) is 6.45. The first-order valence-corrected chi connectivity index (χ1v) is 4.27. The lowest BCUT2D eigenvalue weighted by atomic mass is 9.81. The molecule has 1 N–H and O–H groups in total. The molecule has 3 saturated heterocycles. The fourth-order valence-corrected chi connectivity index (χ4v) is 2.63. The number of hydrogen-bond acceptors (Lipinski definition) is 3. The number of amides is 2. The second kappa shape index (κ2) is 1.88. The van der Waals surface area contributed by atoms with Crippen LogP contribution in [0.15, 0.2) is 0 Å². The fourth-order valence-electron chi connectivity index (χ4n) is 2.63. The number of nitrogens with one attached hydrogen (secondary N) is 1. The topological polar surface area (TPSA) is 55.4 Å². The number of imide groups is 1. The fraction of sp³-hybridized carbons (Fsp3) is 0.750. The molecule has 2 bridgehead atoms. The van der Waals surface area contributed by atoms with Crippen molar-refractivity contribution in [2.45, 2.75) is 25.0 Å². The second-order valence-corrected chi connectivity index (χ2v) is 3.70. The maximum atomic E-state index is 11.2. The largest absolute Gasteiger partial charge is 0.373 e. The van der Waals surface area contributed by atoms with E-state index in [1.807, 2.05) is 0 Å². The molecule has 3 rings (SSSR count). The Hall–Kier alpha value is -0.900. The van der Waals surface area contributed by atoms with Crippen LogP contribution in [-0.4, -0.2) is 24.0 Å². The highest BCUT2D eigenvalue weighted by molar-refractivity contribution is 6.06. The molecule has 3 fully saturated rings. The van der Waals surface area contributed by atoms with E-state index < -0.39 is 0 Å². The van der Waals surface area contributed by atoms with Crippen LogP contribution >= 0.6 is 0 Å². The molecule has 3 heterocycles. The van der Waals surface area contributed by atoms with Crippen LogP contribution in [0.2, 0.25) is 0 Å². The summed E-state index contributed by atoms with van der Waals surface area (Å²) in [6.45, 7) is 0. The van der Waals surface area contributed by atoms with Crippen LogP contribution in [0.1, 0.15) is 12.8 Å². The van der Waals surface area contributed by atoms with Gasteiger partial charge in [-0.3, -0.25) is 14.9 Å². The first kappa shape index (κ1) is 6.60. The monoisotopic (exact) mass is 167 g/mol. The molecule has 0 aliphatic carbocycles. The van der Waals surface area contributed by atoms with Crippen LogP contribution in [0.25, 0.3) is 0 Å². The van der Waals surface area contributed by atoms with Crippen LogP contribution in [0.3, 0.4) is 0 Å². The zero-order chi connectivity index (χ0) is 8.29. The van der Waals surface area contributed by atoms with Crippen molar-refractivity contribution < 1.29 is 14.3 Å². The number of carbonyl (C=O) groups is 2. The van der Waals surface area contributed by atoms with Gasteiger partial charge < -0.3 is 4.74 Å². The van der Waals surface area contributed by atoms with Crippen LogP contribution in [0.4, 0.5) is 0 Å². The third-order valence-corrected chi connectivity index (χ3v) is 3.13. The van der Waals surface area contributed by atoms with E-state index in [0.717, 1.165) is 12.8 Å². The minimum absolute atomic E-state index is 0.0199. The van der Waals surface area contributed by atoms with Crippen molar-refractivity contribution in [2.24, 2.45) is 11.8 Å². The molecule has 0 spiro atoms. The summed E-state index contributed by atoms with van der Waals surface area (Å²) in [5.41, 5.74) is 0. The molecule has 4 atom stereocenters. The first-order valence-electron chi connectivity index (χ1n) is 4.27. The summed E-state index contributed by atoms with van der Waals surface area (Å²) >= 11 is 0. The van der Waals surface area contributed by atoms with Gasteiger partial charge in [0.25, 0.3) is 0 Å². The molecule has 64 valence electrons. The minimum atomic E-state index is -0.170. The second-order valence-electron chi connectivity index (χ2n) is 3.70. The summed E-state index contributed by atoms with van der Waals surface area (Å²) in [4.78, 5) is 22.5. The Morgan fingerprint density at radius 3 is 2.08 bits per heavy atom. The number of fused-ring (bicyclic) bond motifs is 5. The van der Waals surface area contributed by atoms with E-state index in [-0.39, 0.29) is 35.9 Å². The van der Waals surface area contributed by atoms with E-state index in [2.05, 4.69) is 5.32 Å². The van der Waals surface area contributed by atoms with Gasteiger partial charge in [-0.2, -0.15) is 0 Å². The minimum Gasteiger partial charge on any atom is -0.373 e. The summed E-state index contributed by atoms with van der Waals surface area (Å²) < 4.78 is 5.50. The van der Waals surface area contributed by atoms with Crippen LogP contribution < -0.4 is 5.32 Å². The maximum Gasteiger partial charge on any atom is 0.233 e. The predicted molar refractivity (Wildman–Crippen MR) is 38.0 cm³/mol. The Morgan fingerprint density at radius 2 is 1.58 bits per heavy atom. The van der Waals surface area contributed by atoms with Gasteiger partial charge in [0, 0.05) is 0 Å². The molecule has 3 aliphatic heterocycles. The van der Waals surface area contributed by atoms with Gasteiger partial charge in [-0.25, -0.2) is 0 Å². The lowest BCUT2D eigenvalue weighted by molar-refractivity contribution is -0.128. The third-order valence-electron chi connectivity index (χ3n) is 3.13. The summed E-state index contributed by atoms with van der Waals surface area (Å²) in [7, 11) is 0. The van der Waals surface area contributed by atoms with Gasteiger partial charge in [-0.1, -0.05) is 0 Å². The van der Waals surface area contributed by atoms with E-state index in [9.17, 15) is 9.59 Å². The van der Waals surface area contributed by atoms with Crippen molar-refractivity contribution in [2.75, 3.05) is 0 Å². The molecule has 0 aromatic heterocycles. The summed E-state index contributed by atoms with van der Waals surface area (Å²) in [5, 5.41) is 2.36. The quantitative estimate of drug-likeness (QED) is 0.492. The molecule has 12 heavy (non-hydrogen) atoms. The van der Waals surface area contributed by atoms with Crippen molar-refractivity contribution in [1.82, 2.24) is 5.32 Å². The number of ether oxygens (including phenoxy) is 1. The van der Waals surface area contributed by atoms with E-state index in [0.29, 0.717) is 0 Å². The van der Waals surface area contributed by atoms with Crippen LogP contribution in [0.5, 0.6) is 0 Å². The van der Waals surface area contributed by atoms with Gasteiger partial charge in [0.2, 0.25) is 11.8 Å². The number of hydrogen-bond donors (Lipinski definition) is 1. The van der Waals surface area contributed by atoms with Gasteiger partial charge in [0.1, 0.15) is 0 Å². The Morgan fingerprint density at radius 1 is 1.08 bits per heavy atom. The highest BCUT2D eigenvalue weighted by Crippen LogP contribution is 2.45. The average Bonchev–Trinajstić information content (AvgIpc) is 2.64. The number of carbonyl (C=O) groups excluding carboxylic acids is 2. The van der Waals surface area contributed by atoms with Crippen molar-refractivity contribution in [3.8, 4) is 0 Å². The standard InChI is InChI=1S/C8H9NO3/c10-7-5-3-1-2-4(12-3)6(5)8(11)9-7/h3-6H,1-2H2,(H,9,10,11)/t3-,4-,5-,6+/m1/s1. The average molecular weight is 167 g/mol. The van der Waals surface area contributed by atoms with Crippen molar-refractivity contribution >= 4 is 11.8 Å². The molecule has 3 aliphatic rings. The Balaban J connectivity index is 2.03. The lowest BCUT2D eigenvalue weighted by Gasteiger charge is -2.15. The molecular weight excluding hydrogens is 158 g/mol. The normalized spacial score (nSPS) is 49.7. The summed E-state index contributed by atoms with van der Waals surface area (Å²) in [6.07, 6.45) is 1.91. The van der Waals surface area contributed by atoms with Gasteiger partial charge in [-0.05, 0) is 12.8 Å². The predicted octanol–water partition coefficient (Wildman–Crippen LogP) is -0.564. The molecule has 0 radical (unpaired) electrons. The summed E-state index contributed by atoms with van der Waals surface area (Å²) in [6, 6.07) is 0. The third kappa shape index (κ3) is 0.579. The Bertz CT molecular complexity index is 249. The highest BCUT2D eigenvalue weighted by Gasteiger charge is 2.59. The van der Waals surface area contributed by atoms with Crippen molar-refractivity contribution in [3.63, 3.8) is 0 Å². The smallest absolute Gasteiger partial charge is 0.233 e. The molecule has 0 unspecified atom stereocenters. The Labute approximate surface area is 69.3 Å². The van der Waals surface area contributed by atoms with E-state index in [4.69, 9.17) is 4.74 Å². The molecule has 0 aromatic rings. The maximum absolute atomic E-state index is 11.2. The highest BCUT2D eigenvalue weighted by atomic mass is 16.5. The molecule has 0 saturated carbocycles. The molecule has 0 aromatic carbocycles. The van der Waals surface area contributed by atoms with E-state index >= 15 is 0 Å². The van der Waals surface area contributed by atoms with E-state index in [1.165, 1.54) is 0 Å². The molecule has 4 nitrogen and oxygen atoms in total. The molecule has 4 heteroatoms. The lowest BCUT2D eigenvalue weighted by Crippen LogP contribution is -2.29. The SMILES string of the molecule is O=C1NC(=O)[C@H]2[C@@H]1[C@H]1CC[C@H]2O1. The Kier molecular flexibility index (Phi) is 1.03. The van der Waals surface area contributed by atoms with E-state index in [1.54, 1.807) is 0 Å². The zero-order valence-electron chi connectivity index (χ0n) is 6.45. The molecular formula is C8H9NO3.